The van der Waals surface area contributed by atoms with Crippen LogP contribution in [0, 0.1) is 5.82 Å². The van der Waals surface area contributed by atoms with Gasteiger partial charge >= 0.3 is 12.1 Å². The zero-order valence-electron chi connectivity index (χ0n) is 11.0. The highest BCUT2D eigenvalue weighted by molar-refractivity contribution is 5.69. The molecule has 0 aliphatic carbocycles. The number of alkyl halides is 3. The van der Waals surface area contributed by atoms with Crippen LogP contribution in [0.1, 0.15) is 5.56 Å². The van der Waals surface area contributed by atoms with Crippen LogP contribution in [0.4, 0.5) is 23.2 Å². The molecule has 1 saturated heterocycles. The smallest absolute Gasteiger partial charge is 0.416 e. The minimum atomic E-state index is -4.57. The number of carboxylic acids is 1. The van der Waals surface area contributed by atoms with Gasteiger partial charge < -0.3 is 10.0 Å². The van der Waals surface area contributed by atoms with Gasteiger partial charge in [-0.2, -0.15) is 13.2 Å². The number of rotatable bonds is 3. The fraction of sp³-hybridized carbons (Fsp3) is 0.462. The standard InChI is InChI=1S/C13H14F4N2O2/c14-10-7-9(13(15,16)17)1-2-11(10)19-5-3-18(4-6-19)8-12(20)21/h1-2,7H,3-6,8H2,(H,20,21). The summed E-state index contributed by atoms with van der Waals surface area (Å²) in [5.74, 6) is -1.86. The predicted octanol–water partition coefficient (Wildman–Crippen LogP) is 2.05. The first-order chi connectivity index (χ1) is 9.77. The summed E-state index contributed by atoms with van der Waals surface area (Å²) in [5, 5.41) is 8.68. The summed E-state index contributed by atoms with van der Waals surface area (Å²) in [7, 11) is 0. The molecule has 1 heterocycles. The number of benzene rings is 1. The Balaban J connectivity index is 2.05. The largest absolute Gasteiger partial charge is 0.480 e. The van der Waals surface area contributed by atoms with Gasteiger partial charge in [0.1, 0.15) is 5.82 Å². The second-order valence-electron chi connectivity index (χ2n) is 4.82. The van der Waals surface area contributed by atoms with Gasteiger partial charge in [-0.3, -0.25) is 9.69 Å². The number of hydrogen-bond acceptors (Lipinski definition) is 3. The van der Waals surface area contributed by atoms with E-state index in [4.69, 9.17) is 5.11 Å². The highest BCUT2D eigenvalue weighted by Crippen LogP contribution is 2.32. The van der Waals surface area contributed by atoms with E-state index in [1.165, 1.54) is 0 Å². The van der Waals surface area contributed by atoms with E-state index >= 15 is 0 Å². The highest BCUT2D eigenvalue weighted by Gasteiger charge is 2.32. The molecule has 4 nitrogen and oxygen atoms in total. The molecule has 0 spiro atoms. The van der Waals surface area contributed by atoms with Crippen LogP contribution in [0.5, 0.6) is 0 Å². The Morgan fingerprint density at radius 1 is 1.19 bits per heavy atom. The molecule has 0 radical (unpaired) electrons. The monoisotopic (exact) mass is 306 g/mol. The van der Waals surface area contributed by atoms with Crippen molar-refractivity contribution >= 4 is 11.7 Å². The molecule has 1 aliphatic heterocycles. The van der Waals surface area contributed by atoms with E-state index in [2.05, 4.69) is 0 Å². The zero-order chi connectivity index (χ0) is 15.6. The van der Waals surface area contributed by atoms with Gasteiger partial charge in [-0.05, 0) is 18.2 Å². The lowest BCUT2D eigenvalue weighted by Gasteiger charge is -2.35. The van der Waals surface area contributed by atoms with Crippen molar-refractivity contribution in [2.24, 2.45) is 0 Å². The summed E-state index contributed by atoms with van der Waals surface area (Å²) >= 11 is 0. The molecule has 0 amide bonds. The first kappa shape index (κ1) is 15.6. The summed E-state index contributed by atoms with van der Waals surface area (Å²) < 4.78 is 51.2. The predicted molar refractivity (Wildman–Crippen MR) is 67.7 cm³/mol. The van der Waals surface area contributed by atoms with Gasteiger partial charge in [-0.25, -0.2) is 4.39 Å². The lowest BCUT2D eigenvalue weighted by atomic mass is 10.1. The fourth-order valence-electron chi connectivity index (χ4n) is 2.28. The number of halogens is 4. The molecule has 116 valence electrons. The Kier molecular flexibility index (Phi) is 4.36. The average Bonchev–Trinajstić information content (AvgIpc) is 2.38. The third-order valence-electron chi connectivity index (χ3n) is 3.35. The van der Waals surface area contributed by atoms with E-state index in [1.54, 1.807) is 9.80 Å². The van der Waals surface area contributed by atoms with Gasteiger partial charge in [0.25, 0.3) is 0 Å². The van der Waals surface area contributed by atoms with Crippen LogP contribution >= 0.6 is 0 Å². The van der Waals surface area contributed by atoms with Crippen LogP contribution in [0.3, 0.4) is 0 Å². The van der Waals surface area contributed by atoms with Crippen molar-refractivity contribution in [2.45, 2.75) is 6.18 Å². The van der Waals surface area contributed by atoms with Crippen LogP contribution in [0.2, 0.25) is 0 Å². The molecule has 21 heavy (non-hydrogen) atoms. The van der Waals surface area contributed by atoms with Crippen molar-refractivity contribution in [3.05, 3.63) is 29.6 Å². The van der Waals surface area contributed by atoms with E-state index in [0.717, 1.165) is 12.1 Å². The average molecular weight is 306 g/mol. The van der Waals surface area contributed by atoms with E-state index in [9.17, 15) is 22.4 Å². The van der Waals surface area contributed by atoms with Crippen molar-refractivity contribution in [1.82, 2.24) is 4.90 Å². The minimum Gasteiger partial charge on any atom is -0.480 e. The molecule has 8 heteroatoms. The Morgan fingerprint density at radius 3 is 2.29 bits per heavy atom. The van der Waals surface area contributed by atoms with Gasteiger partial charge in [0, 0.05) is 26.2 Å². The number of carbonyl (C=O) groups is 1. The van der Waals surface area contributed by atoms with Crippen molar-refractivity contribution in [2.75, 3.05) is 37.6 Å². The van der Waals surface area contributed by atoms with Gasteiger partial charge in [0.05, 0.1) is 17.8 Å². The summed E-state index contributed by atoms with van der Waals surface area (Å²) in [5.41, 5.74) is -0.911. The third-order valence-corrected chi connectivity index (χ3v) is 3.35. The second-order valence-corrected chi connectivity index (χ2v) is 4.82. The Bertz CT molecular complexity index is 525. The van der Waals surface area contributed by atoms with Crippen molar-refractivity contribution in [3.8, 4) is 0 Å². The lowest BCUT2D eigenvalue weighted by Crippen LogP contribution is -2.48. The highest BCUT2D eigenvalue weighted by atomic mass is 19.4. The van der Waals surface area contributed by atoms with E-state index in [-0.39, 0.29) is 12.2 Å². The van der Waals surface area contributed by atoms with Crippen molar-refractivity contribution in [1.29, 1.82) is 0 Å². The molecule has 1 aromatic carbocycles. The maximum Gasteiger partial charge on any atom is 0.416 e. The van der Waals surface area contributed by atoms with Crippen molar-refractivity contribution in [3.63, 3.8) is 0 Å². The molecule has 1 aliphatic rings. The Morgan fingerprint density at radius 2 is 1.81 bits per heavy atom. The first-order valence-electron chi connectivity index (χ1n) is 6.33. The van der Waals surface area contributed by atoms with Gasteiger partial charge in [-0.1, -0.05) is 0 Å². The summed E-state index contributed by atoms with van der Waals surface area (Å²) in [6.07, 6.45) is -4.57. The normalized spacial score (nSPS) is 17.0. The van der Waals surface area contributed by atoms with E-state index in [1.807, 2.05) is 0 Å². The molecule has 1 aromatic rings. The SMILES string of the molecule is O=C(O)CN1CCN(c2ccc(C(F)(F)F)cc2F)CC1. The van der Waals surface area contributed by atoms with Crippen LogP contribution in [-0.2, 0) is 11.0 Å². The quantitative estimate of drug-likeness (QED) is 0.868. The fourth-order valence-corrected chi connectivity index (χ4v) is 2.28. The van der Waals surface area contributed by atoms with Gasteiger partial charge in [-0.15, -0.1) is 0 Å². The summed E-state index contributed by atoms with van der Waals surface area (Å²) in [6, 6.07) is 2.45. The van der Waals surface area contributed by atoms with E-state index < -0.39 is 23.5 Å². The minimum absolute atomic E-state index is 0.0939. The van der Waals surface area contributed by atoms with Crippen LogP contribution < -0.4 is 4.90 Å². The van der Waals surface area contributed by atoms with Crippen LogP contribution in [0.25, 0.3) is 0 Å². The molecule has 2 rings (SSSR count). The number of nitrogens with zero attached hydrogens (tertiary/aromatic N) is 2. The second kappa shape index (κ2) is 5.88. The molecule has 0 atom stereocenters. The maximum atomic E-state index is 13.8. The third kappa shape index (κ3) is 3.84. The first-order valence-corrected chi connectivity index (χ1v) is 6.33. The number of carboxylic acid groups (broad SMARTS) is 1. The van der Waals surface area contributed by atoms with E-state index in [0.29, 0.717) is 32.2 Å². The van der Waals surface area contributed by atoms with Gasteiger partial charge in [0.15, 0.2) is 0 Å². The van der Waals surface area contributed by atoms with Gasteiger partial charge in [0.2, 0.25) is 0 Å². The zero-order valence-corrected chi connectivity index (χ0v) is 11.0. The summed E-state index contributed by atoms with van der Waals surface area (Å²) in [4.78, 5) is 13.9. The maximum absolute atomic E-state index is 13.8. The summed E-state index contributed by atoms with van der Waals surface area (Å²) in [6.45, 7) is 1.49. The lowest BCUT2D eigenvalue weighted by molar-refractivity contribution is -0.139. The molecule has 0 saturated carbocycles. The number of anilines is 1. The molecule has 0 bridgehead atoms. The topological polar surface area (TPSA) is 43.8 Å². The molecule has 1 fully saturated rings. The molecule has 0 unspecified atom stereocenters. The molecule has 0 aromatic heterocycles. The number of hydrogen-bond donors (Lipinski definition) is 1. The Labute approximate surface area is 118 Å². The Hall–Kier alpha value is -1.83. The van der Waals surface area contributed by atoms with Crippen LogP contribution in [-0.4, -0.2) is 48.7 Å². The van der Waals surface area contributed by atoms with Crippen molar-refractivity contribution < 1.29 is 27.5 Å². The number of piperazine rings is 1. The molecule has 1 N–H and O–H groups in total. The molecular formula is C13H14F4N2O2. The molecular weight excluding hydrogens is 292 g/mol. The number of aliphatic carboxylic acids is 1. The van der Waals surface area contributed by atoms with Crippen LogP contribution in [0.15, 0.2) is 18.2 Å².